The highest BCUT2D eigenvalue weighted by molar-refractivity contribution is 5.71. The van der Waals surface area contributed by atoms with Crippen molar-refractivity contribution < 1.29 is 28.6 Å². The Kier molecular flexibility index (Phi) is 57.0. The van der Waals surface area contributed by atoms with Gasteiger partial charge in [0.15, 0.2) is 6.10 Å². The molecule has 0 radical (unpaired) electrons. The summed E-state index contributed by atoms with van der Waals surface area (Å²) in [5.41, 5.74) is 0. The third-order valence-corrected chi connectivity index (χ3v) is 14.8. The van der Waals surface area contributed by atoms with E-state index in [-0.39, 0.29) is 31.1 Å². The Morgan fingerprint density at radius 3 is 0.700 bits per heavy atom. The molecule has 0 N–H and O–H groups in total. The van der Waals surface area contributed by atoms with Gasteiger partial charge in [-0.15, -0.1) is 0 Å². The average Bonchev–Trinajstić information content (AvgIpc) is 3.35. The Morgan fingerprint density at radius 1 is 0.271 bits per heavy atom. The highest BCUT2D eigenvalue weighted by Crippen LogP contribution is 2.19. The maximum Gasteiger partial charge on any atom is 0.306 e. The molecule has 0 bridgehead atoms. The van der Waals surface area contributed by atoms with E-state index in [9.17, 15) is 14.4 Å². The van der Waals surface area contributed by atoms with Crippen LogP contribution in [0.2, 0.25) is 0 Å². The molecule has 0 aliphatic rings. The zero-order chi connectivity index (χ0) is 50.9. The lowest BCUT2D eigenvalue weighted by Crippen LogP contribution is -2.30. The number of unbranched alkanes of at least 4 members (excludes halogenated alkanes) is 46. The summed E-state index contributed by atoms with van der Waals surface area (Å²) in [6.07, 6.45) is 65.3. The molecule has 6 heteroatoms. The molecular formula is C64H124O6. The Balaban J connectivity index is 4.29. The molecule has 6 nitrogen and oxygen atoms in total. The second-order valence-electron chi connectivity index (χ2n) is 22.5. The van der Waals surface area contributed by atoms with E-state index < -0.39 is 6.10 Å². The Hall–Kier alpha value is -1.59. The Bertz CT molecular complexity index is 1060. The third kappa shape index (κ3) is 57.3. The minimum Gasteiger partial charge on any atom is -0.462 e. The maximum atomic E-state index is 12.9. The largest absolute Gasteiger partial charge is 0.462 e. The van der Waals surface area contributed by atoms with E-state index in [0.29, 0.717) is 19.3 Å². The summed E-state index contributed by atoms with van der Waals surface area (Å²) in [4.78, 5) is 38.3. The maximum absolute atomic E-state index is 12.9. The summed E-state index contributed by atoms with van der Waals surface area (Å²) in [5, 5.41) is 0. The second-order valence-corrected chi connectivity index (χ2v) is 22.5. The van der Waals surface area contributed by atoms with Crippen molar-refractivity contribution in [1.82, 2.24) is 0 Å². The van der Waals surface area contributed by atoms with Gasteiger partial charge in [-0.3, -0.25) is 14.4 Å². The van der Waals surface area contributed by atoms with Crippen LogP contribution in [0.15, 0.2) is 0 Å². The van der Waals surface area contributed by atoms with Gasteiger partial charge in [-0.05, 0) is 25.2 Å². The first-order chi connectivity index (χ1) is 34.4. The van der Waals surface area contributed by atoms with Crippen molar-refractivity contribution in [1.29, 1.82) is 0 Å². The first-order valence-electron chi connectivity index (χ1n) is 31.9. The van der Waals surface area contributed by atoms with Crippen molar-refractivity contribution in [3.63, 3.8) is 0 Å². The number of rotatable bonds is 59. The lowest BCUT2D eigenvalue weighted by molar-refractivity contribution is -0.167. The molecule has 0 fully saturated rings. The number of carbonyl (C=O) groups excluding carboxylic acids is 3. The lowest BCUT2D eigenvalue weighted by atomic mass is 10.0. The van der Waals surface area contributed by atoms with Gasteiger partial charge < -0.3 is 14.2 Å². The smallest absolute Gasteiger partial charge is 0.306 e. The van der Waals surface area contributed by atoms with Crippen LogP contribution in [0.4, 0.5) is 0 Å². The van der Waals surface area contributed by atoms with Crippen LogP contribution >= 0.6 is 0 Å². The predicted octanol–water partition coefficient (Wildman–Crippen LogP) is 21.4. The normalized spacial score (nSPS) is 12.0. The van der Waals surface area contributed by atoms with Gasteiger partial charge >= 0.3 is 17.9 Å². The summed E-state index contributed by atoms with van der Waals surface area (Å²) in [5.74, 6) is 0.0208. The molecule has 0 amide bonds. The number of ether oxygens (including phenoxy) is 3. The molecule has 0 aliphatic carbocycles. The highest BCUT2D eigenvalue weighted by atomic mass is 16.6. The van der Waals surface area contributed by atoms with Crippen molar-refractivity contribution in [3.05, 3.63) is 0 Å². The number of hydrogen-bond donors (Lipinski definition) is 0. The predicted molar refractivity (Wildman–Crippen MR) is 303 cm³/mol. The zero-order valence-electron chi connectivity index (χ0n) is 48.0. The molecule has 0 aromatic heterocycles. The average molecular weight is 990 g/mol. The van der Waals surface area contributed by atoms with E-state index in [1.54, 1.807) is 0 Å². The molecule has 0 aromatic rings. The Morgan fingerprint density at radius 2 is 0.471 bits per heavy atom. The minimum atomic E-state index is -0.763. The number of hydrogen-bond acceptors (Lipinski definition) is 6. The number of carbonyl (C=O) groups is 3. The second kappa shape index (κ2) is 58.3. The molecule has 1 atom stereocenters. The van der Waals surface area contributed by atoms with Crippen molar-refractivity contribution in [2.75, 3.05) is 13.2 Å². The van der Waals surface area contributed by atoms with Crippen LogP contribution in [0, 0.1) is 5.92 Å². The van der Waals surface area contributed by atoms with Gasteiger partial charge in [0.25, 0.3) is 0 Å². The van der Waals surface area contributed by atoms with Crippen molar-refractivity contribution >= 4 is 17.9 Å². The van der Waals surface area contributed by atoms with E-state index in [4.69, 9.17) is 14.2 Å². The zero-order valence-corrected chi connectivity index (χ0v) is 48.0. The van der Waals surface area contributed by atoms with Gasteiger partial charge in [0.05, 0.1) is 0 Å². The summed E-state index contributed by atoms with van der Waals surface area (Å²) < 4.78 is 17.0. The van der Waals surface area contributed by atoms with Crippen LogP contribution in [0.3, 0.4) is 0 Å². The molecule has 416 valence electrons. The fraction of sp³-hybridized carbons (Fsp3) is 0.953. The van der Waals surface area contributed by atoms with Crippen LogP contribution in [0.25, 0.3) is 0 Å². The van der Waals surface area contributed by atoms with E-state index in [0.717, 1.165) is 63.7 Å². The van der Waals surface area contributed by atoms with Crippen LogP contribution in [-0.2, 0) is 28.6 Å². The molecule has 0 aliphatic heterocycles. The van der Waals surface area contributed by atoms with Gasteiger partial charge in [0, 0.05) is 19.3 Å². The Labute approximate surface area is 438 Å². The van der Waals surface area contributed by atoms with Gasteiger partial charge in [0.1, 0.15) is 13.2 Å². The van der Waals surface area contributed by atoms with Crippen LogP contribution in [0.1, 0.15) is 368 Å². The first kappa shape index (κ1) is 68.4. The molecular weight excluding hydrogens is 865 g/mol. The van der Waals surface area contributed by atoms with Crippen molar-refractivity contribution in [2.45, 2.75) is 374 Å². The van der Waals surface area contributed by atoms with Gasteiger partial charge in [-0.25, -0.2) is 0 Å². The van der Waals surface area contributed by atoms with E-state index >= 15 is 0 Å². The molecule has 0 aromatic carbocycles. The van der Waals surface area contributed by atoms with Gasteiger partial charge in [-0.2, -0.15) is 0 Å². The molecule has 0 saturated heterocycles. The summed E-state index contributed by atoms with van der Waals surface area (Å²) in [7, 11) is 0. The minimum absolute atomic E-state index is 0.0611. The quantitative estimate of drug-likeness (QED) is 0.0343. The molecule has 0 rings (SSSR count). The highest BCUT2D eigenvalue weighted by Gasteiger charge is 2.19. The monoisotopic (exact) mass is 989 g/mol. The molecule has 0 heterocycles. The first-order valence-corrected chi connectivity index (χ1v) is 31.9. The van der Waals surface area contributed by atoms with E-state index in [2.05, 4.69) is 27.7 Å². The standard InChI is InChI=1S/C64H124O6/c1-5-7-9-11-13-15-17-19-21-23-24-28-32-36-40-44-48-52-56-63(66)69-59-61(58-68-62(65)55-51-47-43-39-35-31-27-22-20-18-16-14-12-10-8-6-2)70-64(67)57-53-49-45-41-37-33-29-25-26-30-34-38-42-46-50-54-60(3)4/h60-61H,5-59H2,1-4H3/t61-/m0/s1. The molecule has 0 saturated carbocycles. The lowest BCUT2D eigenvalue weighted by Gasteiger charge is -2.18. The molecule has 0 spiro atoms. The SMILES string of the molecule is CCCCCCCCCCCCCCCCCCCCC(=O)OC[C@H](COC(=O)CCCCCCCCCCCCCCCCCC)OC(=O)CCCCCCCCCCCCCCCCCC(C)C. The summed E-state index contributed by atoms with van der Waals surface area (Å²) in [6.45, 7) is 9.10. The fourth-order valence-corrected chi connectivity index (χ4v) is 9.99. The number of esters is 3. The van der Waals surface area contributed by atoms with Crippen LogP contribution in [0.5, 0.6) is 0 Å². The third-order valence-electron chi connectivity index (χ3n) is 14.8. The van der Waals surface area contributed by atoms with E-state index in [1.807, 2.05) is 0 Å². The van der Waals surface area contributed by atoms with Crippen molar-refractivity contribution in [3.8, 4) is 0 Å². The summed E-state index contributed by atoms with van der Waals surface area (Å²) in [6, 6.07) is 0. The van der Waals surface area contributed by atoms with Crippen molar-refractivity contribution in [2.24, 2.45) is 5.92 Å². The van der Waals surface area contributed by atoms with Gasteiger partial charge in [0.2, 0.25) is 0 Å². The molecule has 70 heavy (non-hydrogen) atoms. The summed E-state index contributed by atoms with van der Waals surface area (Å²) >= 11 is 0. The van der Waals surface area contributed by atoms with E-state index in [1.165, 1.54) is 263 Å². The van der Waals surface area contributed by atoms with Crippen LogP contribution in [-0.4, -0.2) is 37.2 Å². The topological polar surface area (TPSA) is 78.9 Å². The van der Waals surface area contributed by atoms with Crippen LogP contribution < -0.4 is 0 Å². The fourth-order valence-electron chi connectivity index (χ4n) is 9.99. The molecule has 0 unspecified atom stereocenters. The van der Waals surface area contributed by atoms with Gasteiger partial charge in [-0.1, -0.05) is 329 Å².